The van der Waals surface area contributed by atoms with Gasteiger partial charge in [0.2, 0.25) is 15.8 Å². The van der Waals surface area contributed by atoms with E-state index in [9.17, 15) is 23.6 Å². The zero-order chi connectivity index (χ0) is 23.3. The van der Waals surface area contributed by atoms with E-state index in [4.69, 9.17) is 14.2 Å². The van der Waals surface area contributed by atoms with Crippen LogP contribution in [0.3, 0.4) is 0 Å². The molecule has 0 atom stereocenters. The highest BCUT2D eigenvalue weighted by Crippen LogP contribution is 2.36. The predicted octanol–water partition coefficient (Wildman–Crippen LogP) is 1.78. The number of rotatable bonds is 8. The summed E-state index contributed by atoms with van der Waals surface area (Å²) in [7, 11) is -1.27. The monoisotopic (exact) mass is 466 g/mol. The van der Waals surface area contributed by atoms with Gasteiger partial charge in [0.25, 0.3) is 5.69 Å². The molecule has 0 aliphatic carbocycles. The number of sulfonamides is 1. The summed E-state index contributed by atoms with van der Waals surface area (Å²) in [5.41, 5.74) is 2.82. The van der Waals surface area contributed by atoms with E-state index in [1.807, 2.05) is 0 Å². The highest BCUT2D eigenvalue weighted by molar-refractivity contribution is 7.89. The molecule has 0 bridgehead atoms. The zero-order valence-electron chi connectivity index (χ0n) is 17.3. The molecular weight excluding hydrogens is 444 g/mol. The Kier molecular flexibility index (Phi) is 7.12. The summed E-state index contributed by atoms with van der Waals surface area (Å²) in [5, 5.41) is 25.2. The van der Waals surface area contributed by atoms with Gasteiger partial charge in [-0.2, -0.15) is 9.41 Å². The number of hydrogen-bond donors (Lipinski definition) is 2. The zero-order valence-corrected chi connectivity index (χ0v) is 18.2. The maximum absolute atomic E-state index is 13.1. The Bertz CT molecular complexity index is 1110. The van der Waals surface area contributed by atoms with Gasteiger partial charge < -0.3 is 19.3 Å². The third-order valence-corrected chi connectivity index (χ3v) is 6.60. The van der Waals surface area contributed by atoms with Gasteiger partial charge >= 0.3 is 0 Å². The Morgan fingerprint density at radius 3 is 2.38 bits per heavy atom. The first-order chi connectivity index (χ1) is 15.3. The van der Waals surface area contributed by atoms with E-state index in [0.29, 0.717) is 5.56 Å². The van der Waals surface area contributed by atoms with Crippen LogP contribution in [0, 0.1) is 10.1 Å². The van der Waals surface area contributed by atoms with Crippen LogP contribution in [0.2, 0.25) is 0 Å². The number of nitrogens with one attached hydrogen (secondary N) is 1. The Labute approximate surface area is 184 Å². The number of nitro benzene ring substituents is 1. The van der Waals surface area contributed by atoms with Crippen LogP contribution in [0.4, 0.5) is 11.4 Å². The summed E-state index contributed by atoms with van der Waals surface area (Å²) in [5.74, 6) is 0.155. The molecule has 0 unspecified atom stereocenters. The number of non-ortho nitro benzene ring substituents is 1. The van der Waals surface area contributed by atoms with E-state index < -0.39 is 14.9 Å². The fourth-order valence-corrected chi connectivity index (χ4v) is 4.59. The van der Waals surface area contributed by atoms with Crippen LogP contribution in [-0.2, 0) is 14.8 Å². The second-order valence-corrected chi connectivity index (χ2v) is 8.50. The second-order valence-electron chi connectivity index (χ2n) is 6.60. The van der Waals surface area contributed by atoms with Gasteiger partial charge in [-0.15, -0.1) is 0 Å². The smallest absolute Gasteiger partial charge is 0.270 e. The van der Waals surface area contributed by atoms with Crippen LogP contribution in [0.25, 0.3) is 0 Å². The molecule has 0 amide bonds. The van der Waals surface area contributed by atoms with E-state index in [1.54, 1.807) is 0 Å². The number of aromatic hydroxyl groups is 1. The fraction of sp³-hybridized carbons (Fsp3) is 0.316. The third-order valence-electron chi connectivity index (χ3n) is 4.66. The molecule has 1 aliphatic rings. The van der Waals surface area contributed by atoms with E-state index in [0.717, 1.165) is 6.07 Å². The largest absolute Gasteiger partial charge is 0.502 e. The van der Waals surface area contributed by atoms with Crippen molar-refractivity contribution in [1.29, 1.82) is 0 Å². The minimum Gasteiger partial charge on any atom is -0.502 e. The molecule has 0 aromatic heterocycles. The molecule has 3 rings (SSSR count). The molecule has 13 heteroatoms. The summed E-state index contributed by atoms with van der Waals surface area (Å²) in [6.07, 6.45) is 1.36. The van der Waals surface area contributed by atoms with Crippen molar-refractivity contribution < 1.29 is 32.7 Å². The average Bonchev–Trinajstić information content (AvgIpc) is 2.80. The van der Waals surface area contributed by atoms with E-state index in [1.165, 1.54) is 49.0 Å². The molecular formula is C19H22N4O8S. The van der Waals surface area contributed by atoms with Crippen LogP contribution in [0.15, 0.2) is 40.3 Å². The molecule has 172 valence electrons. The molecule has 0 spiro atoms. The van der Waals surface area contributed by atoms with Gasteiger partial charge in [0, 0.05) is 30.8 Å². The number of nitrogens with zero attached hydrogens (tertiary/aromatic N) is 3. The summed E-state index contributed by atoms with van der Waals surface area (Å²) in [6.45, 7) is 0.751. The van der Waals surface area contributed by atoms with Gasteiger partial charge in [-0.1, -0.05) is 0 Å². The van der Waals surface area contributed by atoms with Crippen LogP contribution in [-0.4, -0.2) is 69.5 Å². The van der Waals surface area contributed by atoms with Gasteiger partial charge in [-0.25, -0.2) is 8.42 Å². The van der Waals surface area contributed by atoms with Gasteiger partial charge in [-0.05, 0) is 18.2 Å². The summed E-state index contributed by atoms with van der Waals surface area (Å²) < 4.78 is 42.8. The molecule has 2 N–H and O–H groups in total. The lowest BCUT2D eigenvalue weighted by Gasteiger charge is -2.26. The van der Waals surface area contributed by atoms with Crippen molar-refractivity contribution >= 4 is 27.6 Å². The van der Waals surface area contributed by atoms with Crippen LogP contribution in [0.1, 0.15) is 5.56 Å². The number of phenols is 1. The fourth-order valence-electron chi connectivity index (χ4n) is 3.02. The van der Waals surface area contributed by atoms with Crippen LogP contribution < -0.4 is 14.9 Å². The van der Waals surface area contributed by atoms with Gasteiger partial charge in [0.1, 0.15) is 4.90 Å². The van der Waals surface area contributed by atoms with E-state index in [2.05, 4.69) is 10.5 Å². The Morgan fingerprint density at radius 2 is 1.81 bits per heavy atom. The van der Waals surface area contributed by atoms with Crippen molar-refractivity contribution in [3.8, 4) is 17.2 Å². The van der Waals surface area contributed by atoms with Gasteiger partial charge in [-0.3, -0.25) is 15.5 Å². The highest BCUT2D eigenvalue weighted by atomic mass is 32.2. The maximum Gasteiger partial charge on any atom is 0.270 e. The number of methoxy groups -OCH3 is 2. The second kappa shape index (κ2) is 9.80. The standard InChI is InChI=1S/C19H22N4O8S/c1-29-16-9-13(10-17(30-2)19(16)24)12-20-21-15-4-3-14(23(25)26)11-18(15)32(27,28)22-5-7-31-8-6-22/h3-4,9-12,21,24H,5-8H2,1-2H3/b20-12+. The number of ether oxygens (including phenoxy) is 3. The topological polar surface area (TPSA) is 153 Å². The predicted molar refractivity (Wildman–Crippen MR) is 115 cm³/mol. The molecule has 12 nitrogen and oxygen atoms in total. The minimum absolute atomic E-state index is 0.0658. The Balaban J connectivity index is 1.94. The van der Waals surface area contributed by atoms with Crippen molar-refractivity contribution in [1.82, 2.24) is 4.31 Å². The number of nitro groups is 1. The molecule has 1 aliphatic heterocycles. The quantitative estimate of drug-likeness (QED) is 0.337. The van der Waals surface area contributed by atoms with Crippen molar-refractivity contribution in [2.45, 2.75) is 4.90 Å². The lowest BCUT2D eigenvalue weighted by Crippen LogP contribution is -2.40. The van der Waals surface area contributed by atoms with Gasteiger partial charge in [0.05, 0.1) is 44.3 Å². The minimum atomic E-state index is -4.03. The number of anilines is 1. The number of phenolic OH excluding ortho intramolecular Hbond substituents is 1. The Morgan fingerprint density at radius 1 is 1.19 bits per heavy atom. The summed E-state index contributed by atoms with van der Waals surface area (Å²) in [4.78, 5) is 10.3. The molecule has 32 heavy (non-hydrogen) atoms. The van der Waals surface area contributed by atoms with Crippen LogP contribution in [0.5, 0.6) is 17.2 Å². The normalized spacial score (nSPS) is 14.9. The van der Waals surface area contributed by atoms with Crippen molar-refractivity contribution in [2.75, 3.05) is 45.9 Å². The van der Waals surface area contributed by atoms with Crippen molar-refractivity contribution in [2.24, 2.45) is 5.10 Å². The first kappa shape index (κ1) is 23.2. The lowest BCUT2D eigenvalue weighted by molar-refractivity contribution is -0.385. The third kappa shape index (κ3) is 4.90. The molecule has 1 heterocycles. The average molecular weight is 466 g/mol. The maximum atomic E-state index is 13.1. The van der Waals surface area contributed by atoms with E-state index in [-0.39, 0.29) is 59.8 Å². The van der Waals surface area contributed by atoms with Crippen molar-refractivity contribution in [3.05, 3.63) is 46.0 Å². The molecule has 2 aromatic carbocycles. The first-order valence-electron chi connectivity index (χ1n) is 9.38. The number of hydrogen-bond acceptors (Lipinski definition) is 10. The number of benzene rings is 2. The van der Waals surface area contributed by atoms with Crippen LogP contribution >= 0.6 is 0 Å². The summed E-state index contributed by atoms with van der Waals surface area (Å²) in [6, 6.07) is 6.47. The number of morpholine rings is 1. The SMILES string of the molecule is COc1cc(/C=N/Nc2ccc([N+](=O)[O-])cc2S(=O)(=O)N2CCOCC2)cc(OC)c1O. The van der Waals surface area contributed by atoms with E-state index >= 15 is 0 Å². The molecule has 1 fully saturated rings. The molecule has 0 saturated carbocycles. The molecule has 2 aromatic rings. The molecule has 0 radical (unpaired) electrons. The molecule has 1 saturated heterocycles. The lowest BCUT2D eigenvalue weighted by atomic mass is 10.2. The highest BCUT2D eigenvalue weighted by Gasteiger charge is 2.30. The van der Waals surface area contributed by atoms with Gasteiger partial charge in [0.15, 0.2) is 11.5 Å². The number of hydrazone groups is 1. The Hall–Kier alpha value is -3.42. The van der Waals surface area contributed by atoms with Crippen molar-refractivity contribution in [3.63, 3.8) is 0 Å². The summed E-state index contributed by atoms with van der Waals surface area (Å²) >= 11 is 0. The first-order valence-corrected chi connectivity index (χ1v) is 10.8.